The van der Waals surface area contributed by atoms with E-state index in [-0.39, 0.29) is 37.5 Å². The zero-order valence-electron chi connectivity index (χ0n) is 40.1. The van der Waals surface area contributed by atoms with E-state index in [1.165, 1.54) is 83.5 Å². The van der Waals surface area contributed by atoms with Crippen molar-refractivity contribution in [1.29, 1.82) is 0 Å². The summed E-state index contributed by atoms with van der Waals surface area (Å²) in [5.74, 6) is -1.01. The highest BCUT2D eigenvalue weighted by molar-refractivity contribution is 5.71. The van der Waals surface area contributed by atoms with E-state index >= 15 is 0 Å². The van der Waals surface area contributed by atoms with Crippen molar-refractivity contribution in [2.75, 3.05) is 13.2 Å². The third-order valence-electron chi connectivity index (χ3n) is 10.3. The van der Waals surface area contributed by atoms with Crippen LogP contribution in [0.2, 0.25) is 0 Å². The second-order valence-electron chi connectivity index (χ2n) is 16.3. The number of carbonyl (C=O) groups is 3. The number of esters is 3. The highest BCUT2D eigenvalue weighted by Gasteiger charge is 2.19. The first-order valence-electron chi connectivity index (χ1n) is 25.2. The van der Waals surface area contributed by atoms with Crippen LogP contribution in [0, 0.1) is 0 Å². The molecule has 352 valence electrons. The first-order chi connectivity index (χ1) is 30.5. The highest BCUT2D eigenvalue weighted by atomic mass is 16.6. The Labute approximate surface area is 381 Å². The Bertz CT molecular complexity index is 1260. The summed E-state index contributed by atoms with van der Waals surface area (Å²) in [5.41, 5.74) is 0. The molecule has 0 aliphatic heterocycles. The van der Waals surface area contributed by atoms with Crippen molar-refractivity contribution in [1.82, 2.24) is 0 Å². The van der Waals surface area contributed by atoms with Crippen molar-refractivity contribution in [2.24, 2.45) is 0 Å². The molecule has 0 rings (SSSR count). The fourth-order valence-electron chi connectivity index (χ4n) is 6.54. The van der Waals surface area contributed by atoms with Crippen LogP contribution in [0.1, 0.15) is 220 Å². The van der Waals surface area contributed by atoms with Gasteiger partial charge in [-0.2, -0.15) is 0 Å². The molecule has 0 aromatic carbocycles. The second-order valence-corrected chi connectivity index (χ2v) is 16.3. The quantitative estimate of drug-likeness (QED) is 0.0263. The van der Waals surface area contributed by atoms with Gasteiger partial charge in [0.05, 0.1) is 0 Å². The predicted octanol–water partition coefficient (Wildman–Crippen LogP) is 16.6. The van der Waals surface area contributed by atoms with E-state index < -0.39 is 6.10 Å². The number of ether oxygens (including phenoxy) is 3. The van der Waals surface area contributed by atoms with Gasteiger partial charge in [-0.3, -0.25) is 14.4 Å². The molecule has 0 N–H and O–H groups in total. The van der Waals surface area contributed by atoms with Crippen molar-refractivity contribution in [2.45, 2.75) is 226 Å². The lowest BCUT2D eigenvalue weighted by Gasteiger charge is -2.18. The number of allylic oxidation sites excluding steroid dienone is 16. The highest BCUT2D eigenvalue weighted by Crippen LogP contribution is 2.14. The number of hydrogen-bond acceptors (Lipinski definition) is 6. The largest absolute Gasteiger partial charge is 0.462 e. The van der Waals surface area contributed by atoms with Gasteiger partial charge >= 0.3 is 17.9 Å². The zero-order chi connectivity index (χ0) is 45.1. The molecule has 6 heteroatoms. The van der Waals surface area contributed by atoms with Gasteiger partial charge < -0.3 is 14.2 Å². The summed E-state index contributed by atoms with van der Waals surface area (Å²) in [6.07, 6.45) is 65.4. The third kappa shape index (κ3) is 47.4. The molecule has 0 aliphatic rings. The number of carbonyl (C=O) groups excluding carboxylic acids is 3. The normalized spacial score (nSPS) is 12.9. The Hall–Kier alpha value is -3.67. The van der Waals surface area contributed by atoms with Crippen LogP contribution >= 0.6 is 0 Å². The number of hydrogen-bond donors (Lipinski definition) is 0. The first kappa shape index (κ1) is 58.3. The summed E-state index contributed by atoms with van der Waals surface area (Å²) >= 11 is 0. The van der Waals surface area contributed by atoms with Crippen LogP contribution in [0.3, 0.4) is 0 Å². The van der Waals surface area contributed by atoms with Crippen molar-refractivity contribution < 1.29 is 28.6 Å². The van der Waals surface area contributed by atoms with E-state index in [1.54, 1.807) is 0 Å². The minimum atomic E-state index is -0.814. The van der Waals surface area contributed by atoms with Crippen LogP contribution in [0.15, 0.2) is 97.2 Å². The Morgan fingerprint density at radius 1 is 0.339 bits per heavy atom. The van der Waals surface area contributed by atoms with Crippen molar-refractivity contribution >= 4 is 17.9 Å². The van der Waals surface area contributed by atoms with E-state index in [1.807, 2.05) is 0 Å². The molecule has 1 atom stereocenters. The lowest BCUT2D eigenvalue weighted by molar-refractivity contribution is -0.167. The average Bonchev–Trinajstić information content (AvgIpc) is 3.27. The maximum atomic E-state index is 12.8. The van der Waals surface area contributed by atoms with Gasteiger partial charge in [-0.25, -0.2) is 0 Å². The van der Waals surface area contributed by atoms with Crippen molar-refractivity contribution in [3.05, 3.63) is 97.2 Å². The number of rotatable bonds is 44. The van der Waals surface area contributed by atoms with Gasteiger partial charge in [0, 0.05) is 19.3 Å². The molecule has 6 nitrogen and oxygen atoms in total. The molecule has 0 unspecified atom stereocenters. The van der Waals surface area contributed by atoms with Gasteiger partial charge in [0.1, 0.15) is 13.2 Å². The maximum Gasteiger partial charge on any atom is 0.306 e. The maximum absolute atomic E-state index is 12.8. The topological polar surface area (TPSA) is 78.9 Å². The van der Waals surface area contributed by atoms with Gasteiger partial charge in [0.15, 0.2) is 6.10 Å². The van der Waals surface area contributed by atoms with Gasteiger partial charge in [-0.1, -0.05) is 201 Å². The molecule has 0 saturated heterocycles. The summed E-state index contributed by atoms with van der Waals surface area (Å²) in [4.78, 5) is 37.9. The van der Waals surface area contributed by atoms with Gasteiger partial charge in [-0.05, 0) is 96.3 Å². The molecular formula is C56H92O6. The molecule has 62 heavy (non-hydrogen) atoms. The van der Waals surface area contributed by atoms with E-state index in [0.717, 1.165) is 89.9 Å². The minimum Gasteiger partial charge on any atom is -0.462 e. The molecule has 0 amide bonds. The molecular weight excluding hydrogens is 769 g/mol. The summed E-state index contributed by atoms with van der Waals surface area (Å²) < 4.78 is 16.7. The lowest BCUT2D eigenvalue weighted by Crippen LogP contribution is -2.30. The SMILES string of the molecule is CC/C=C\C/C=C\C/C=C\C/C=C\C/C=C\CCCC(=O)OC[C@H](COC(=O)CCCC/C=C\C/C=C\C/C=C\CCCCC)OC(=O)CCCCCCCCCCCCCC. The fraction of sp³-hybridized carbons (Fsp3) is 0.661. The van der Waals surface area contributed by atoms with Crippen molar-refractivity contribution in [3.63, 3.8) is 0 Å². The lowest BCUT2D eigenvalue weighted by atomic mass is 10.0. The van der Waals surface area contributed by atoms with E-state index in [0.29, 0.717) is 19.3 Å². The van der Waals surface area contributed by atoms with E-state index in [4.69, 9.17) is 14.2 Å². The summed E-state index contributed by atoms with van der Waals surface area (Å²) in [7, 11) is 0. The zero-order valence-corrected chi connectivity index (χ0v) is 40.1. The van der Waals surface area contributed by atoms with Crippen LogP contribution in [-0.2, 0) is 28.6 Å². The minimum absolute atomic E-state index is 0.115. The van der Waals surface area contributed by atoms with Crippen LogP contribution in [0.5, 0.6) is 0 Å². The van der Waals surface area contributed by atoms with Gasteiger partial charge in [0.25, 0.3) is 0 Å². The van der Waals surface area contributed by atoms with Crippen LogP contribution < -0.4 is 0 Å². The second kappa shape index (κ2) is 50.0. The molecule has 0 aromatic heterocycles. The molecule has 0 aliphatic carbocycles. The Balaban J connectivity index is 4.53. The summed E-state index contributed by atoms with van der Waals surface area (Å²) in [6.45, 7) is 6.40. The Morgan fingerprint density at radius 2 is 0.645 bits per heavy atom. The van der Waals surface area contributed by atoms with E-state index in [9.17, 15) is 14.4 Å². The van der Waals surface area contributed by atoms with Gasteiger partial charge in [0.2, 0.25) is 0 Å². The predicted molar refractivity (Wildman–Crippen MR) is 265 cm³/mol. The molecule has 0 fully saturated rings. The third-order valence-corrected chi connectivity index (χ3v) is 10.3. The molecule has 0 spiro atoms. The van der Waals surface area contributed by atoms with Gasteiger partial charge in [-0.15, -0.1) is 0 Å². The van der Waals surface area contributed by atoms with Crippen molar-refractivity contribution in [3.8, 4) is 0 Å². The van der Waals surface area contributed by atoms with Crippen LogP contribution in [0.25, 0.3) is 0 Å². The average molecular weight is 861 g/mol. The smallest absolute Gasteiger partial charge is 0.306 e. The van der Waals surface area contributed by atoms with E-state index in [2.05, 4.69) is 118 Å². The first-order valence-corrected chi connectivity index (χ1v) is 25.2. The number of unbranched alkanes of at least 4 members (excludes halogenated alkanes) is 17. The molecule has 0 bridgehead atoms. The fourth-order valence-corrected chi connectivity index (χ4v) is 6.54. The van der Waals surface area contributed by atoms with Crippen LogP contribution in [-0.4, -0.2) is 37.2 Å². The summed E-state index contributed by atoms with van der Waals surface area (Å²) in [5, 5.41) is 0. The van der Waals surface area contributed by atoms with Crippen LogP contribution in [0.4, 0.5) is 0 Å². The molecule has 0 heterocycles. The standard InChI is InChI=1S/C56H92O6/c1-4-7-10-13-16-19-22-25-27-28-30-32-35-37-40-43-46-49-55(58)61-52-53(62-56(59)50-47-44-41-38-33-24-21-18-15-12-9-6-3)51-60-54(57)48-45-42-39-36-34-31-29-26-23-20-17-14-11-8-5-2/h7,10,16-17,19-20,25-27,29-30,32,34,36-37,40,53H,4-6,8-9,11-15,18,21-24,28,31,33,35,38-39,41-52H2,1-3H3/b10-7-,19-16-,20-17-,27-25-,29-26-,32-30-,36-34-,40-37-/t53-/m0/s1. The molecule has 0 saturated carbocycles. The summed E-state index contributed by atoms with van der Waals surface area (Å²) in [6, 6.07) is 0. The Kier molecular flexibility index (Phi) is 47.0. The monoisotopic (exact) mass is 861 g/mol. The molecule has 0 radical (unpaired) electrons. The Morgan fingerprint density at radius 3 is 1.08 bits per heavy atom. The molecule has 0 aromatic rings.